The van der Waals surface area contributed by atoms with E-state index in [2.05, 4.69) is 5.32 Å². The second-order valence-electron chi connectivity index (χ2n) is 7.53. The summed E-state index contributed by atoms with van der Waals surface area (Å²) in [5.74, 6) is -0.282. The number of hydrogen-bond donors (Lipinski definition) is 1. The van der Waals surface area contributed by atoms with Crippen LogP contribution in [0.3, 0.4) is 0 Å². The summed E-state index contributed by atoms with van der Waals surface area (Å²) >= 11 is 0. The van der Waals surface area contributed by atoms with Crippen molar-refractivity contribution in [3.63, 3.8) is 0 Å². The number of nitrogens with zero attached hydrogens (tertiary/aromatic N) is 3. The van der Waals surface area contributed by atoms with E-state index >= 15 is 0 Å². The minimum atomic E-state index is -0.440. The second kappa shape index (κ2) is 8.00. The van der Waals surface area contributed by atoms with Crippen LogP contribution in [0.15, 0.2) is 18.2 Å². The largest absolute Gasteiger partial charge is 0.339 e. The molecule has 0 unspecified atom stereocenters. The summed E-state index contributed by atoms with van der Waals surface area (Å²) in [6, 6.07) is 4.79. The van der Waals surface area contributed by atoms with Crippen molar-refractivity contribution in [1.29, 1.82) is 0 Å². The summed E-state index contributed by atoms with van der Waals surface area (Å²) < 4.78 is 0. The third kappa shape index (κ3) is 4.00. The van der Waals surface area contributed by atoms with Crippen LogP contribution in [0.4, 0.5) is 10.5 Å². The number of piperazine rings is 1. The molecule has 0 aromatic heterocycles. The SMILES string of the molecule is Cc1cc(C(=O)N2CCN(C(=O)C(C)C)CC2)ccc1N1CCC(=O)NC1=O. The quantitative estimate of drug-likeness (QED) is 0.850. The molecule has 5 amide bonds. The molecule has 1 aromatic rings. The summed E-state index contributed by atoms with van der Waals surface area (Å²) in [5.41, 5.74) is 2.04. The number of anilines is 1. The molecular formula is C20H26N4O4. The second-order valence-corrected chi connectivity index (χ2v) is 7.53. The summed E-state index contributed by atoms with van der Waals surface area (Å²) in [5, 5.41) is 2.31. The van der Waals surface area contributed by atoms with E-state index in [1.807, 2.05) is 20.8 Å². The molecular weight excluding hydrogens is 360 g/mol. The Labute approximate surface area is 164 Å². The first-order chi connectivity index (χ1) is 13.3. The molecule has 28 heavy (non-hydrogen) atoms. The van der Waals surface area contributed by atoms with Crippen LogP contribution >= 0.6 is 0 Å². The van der Waals surface area contributed by atoms with Gasteiger partial charge in [0.05, 0.1) is 0 Å². The number of amides is 5. The predicted octanol–water partition coefficient (Wildman–Crippen LogP) is 1.38. The van der Waals surface area contributed by atoms with Crippen molar-refractivity contribution in [2.75, 3.05) is 37.6 Å². The average Bonchev–Trinajstić information content (AvgIpc) is 2.67. The van der Waals surface area contributed by atoms with Gasteiger partial charge in [0.25, 0.3) is 5.91 Å². The van der Waals surface area contributed by atoms with Gasteiger partial charge in [-0.15, -0.1) is 0 Å². The van der Waals surface area contributed by atoms with Gasteiger partial charge in [-0.05, 0) is 30.7 Å². The maximum Gasteiger partial charge on any atom is 0.328 e. The Morgan fingerprint density at radius 2 is 1.64 bits per heavy atom. The first kappa shape index (κ1) is 19.9. The fourth-order valence-electron chi connectivity index (χ4n) is 3.56. The van der Waals surface area contributed by atoms with Gasteiger partial charge in [0.2, 0.25) is 11.8 Å². The molecule has 0 aliphatic carbocycles. The van der Waals surface area contributed by atoms with E-state index in [9.17, 15) is 19.2 Å². The lowest BCUT2D eigenvalue weighted by Gasteiger charge is -2.35. The number of benzene rings is 1. The van der Waals surface area contributed by atoms with Crippen LogP contribution in [-0.2, 0) is 9.59 Å². The van der Waals surface area contributed by atoms with Gasteiger partial charge in [-0.3, -0.25) is 24.6 Å². The number of carbonyl (C=O) groups is 4. The fourth-order valence-corrected chi connectivity index (χ4v) is 3.56. The summed E-state index contributed by atoms with van der Waals surface area (Å²) in [4.78, 5) is 53.4. The molecule has 2 aliphatic heterocycles. The maximum atomic E-state index is 12.8. The number of hydrogen-bond acceptors (Lipinski definition) is 4. The van der Waals surface area contributed by atoms with Crippen LogP contribution in [0.2, 0.25) is 0 Å². The van der Waals surface area contributed by atoms with Gasteiger partial charge in [0.15, 0.2) is 0 Å². The highest BCUT2D eigenvalue weighted by Crippen LogP contribution is 2.24. The van der Waals surface area contributed by atoms with Crippen LogP contribution in [0.1, 0.15) is 36.2 Å². The zero-order valence-electron chi connectivity index (χ0n) is 16.5. The molecule has 0 saturated carbocycles. The normalized spacial score (nSPS) is 17.8. The number of rotatable bonds is 3. The first-order valence-corrected chi connectivity index (χ1v) is 9.58. The molecule has 2 aliphatic rings. The molecule has 0 bridgehead atoms. The van der Waals surface area contributed by atoms with Crippen molar-refractivity contribution in [3.05, 3.63) is 29.3 Å². The number of imide groups is 1. The molecule has 0 atom stereocenters. The van der Waals surface area contributed by atoms with E-state index in [1.165, 1.54) is 4.90 Å². The number of nitrogens with one attached hydrogen (secondary N) is 1. The Bertz CT molecular complexity index is 812. The van der Waals surface area contributed by atoms with Gasteiger partial charge in [-0.25, -0.2) is 4.79 Å². The maximum absolute atomic E-state index is 12.8. The monoisotopic (exact) mass is 386 g/mol. The molecule has 2 heterocycles. The Hall–Kier alpha value is -2.90. The highest BCUT2D eigenvalue weighted by Gasteiger charge is 2.28. The summed E-state index contributed by atoms with van der Waals surface area (Å²) in [7, 11) is 0. The third-order valence-corrected chi connectivity index (χ3v) is 5.16. The molecule has 0 radical (unpaired) electrons. The molecule has 2 fully saturated rings. The molecule has 8 heteroatoms. The Balaban J connectivity index is 1.67. The van der Waals surface area contributed by atoms with Crippen LogP contribution in [0.25, 0.3) is 0 Å². The Morgan fingerprint density at radius 3 is 2.21 bits per heavy atom. The molecule has 8 nitrogen and oxygen atoms in total. The van der Waals surface area contributed by atoms with Gasteiger partial charge in [0, 0.05) is 56.3 Å². The van der Waals surface area contributed by atoms with Crippen molar-refractivity contribution in [3.8, 4) is 0 Å². The highest BCUT2D eigenvalue weighted by molar-refractivity contribution is 6.06. The van der Waals surface area contributed by atoms with E-state index in [1.54, 1.807) is 28.0 Å². The predicted molar refractivity (Wildman–Crippen MR) is 104 cm³/mol. The van der Waals surface area contributed by atoms with Gasteiger partial charge >= 0.3 is 6.03 Å². The topological polar surface area (TPSA) is 90.0 Å². The first-order valence-electron chi connectivity index (χ1n) is 9.58. The smallest absolute Gasteiger partial charge is 0.328 e. The van der Waals surface area contributed by atoms with Crippen molar-refractivity contribution in [1.82, 2.24) is 15.1 Å². The zero-order valence-corrected chi connectivity index (χ0v) is 16.5. The van der Waals surface area contributed by atoms with E-state index in [0.29, 0.717) is 44.0 Å². The standard InChI is InChI=1S/C20H26N4O4/c1-13(2)18(26)22-8-10-23(11-9-22)19(27)15-4-5-16(14(3)12-15)24-7-6-17(25)21-20(24)28/h4-5,12-13H,6-11H2,1-3H3,(H,21,25,28). The number of carbonyl (C=O) groups excluding carboxylic acids is 4. The van der Waals surface area contributed by atoms with Gasteiger partial charge in [-0.1, -0.05) is 13.8 Å². The van der Waals surface area contributed by atoms with Crippen molar-refractivity contribution < 1.29 is 19.2 Å². The molecule has 150 valence electrons. The summed E-state index contributed by atoms with van der Waals surface area (Å²) in [6.45, 7) is 8.03. The van der Waals surface area contributed by atoms with Crippen LogP contribution < -0.4 is 10.2 Å². The Morgan fingerprint density at radius 1 is 1.00 bits per heavy atom. The lowest BCUT2D eigenvalue weighted by Crippen LogP contribution is -2.51. The van der Waals surface area contributed by atoms with Crippen LogP contribution in [0.5, 0.6) is 0 Å². The van der Waals surface area contributed by atoms with E-state index in [0.717, 1.165) is 5.56 Å². The third-order valence-electron chi connectivity index (χ3n) is 5.16. The lowest BCUT2D eigenvalue weighted by molar-refractivity contribution is -0.135. The van der Waals surface area contributed by atoms with Crippen molar-refractivity contribution in [2.24, 2.45) is 5.92 Å². The van der Waals surface area contributed by atoms with E-state index in [4.69, 9.17) is 0 Å². The summed E-state index contributed by atoms with van der Waals surface area (Å²) in [6.07, 6.45) is 0.255. The van der Waals surface area contributed by atoms with Gasteiger partial charge in [-0.2, -0.15) is 0 Å². The molecule has 1 N–H and O–H groups in total. The number of urea groups is 1. The van der Waals surface area contributed by atoms with Crippen molar-refractivity contribution >= 4 is 29.4 Å². The minimum Gasteiger partial charge on any atom is -0.339 e. The van der Waals surface area contributed by atoms with Gasteiger partial charge < -0.3 is 9.80 Å². The van der Waals surface area contributed by atoms with Gasteiger partial charge in [0.1, 0.15) is 0 Å². The molecule has 2 saturated heterocycles. The van der Waals surface area contributed by atoms with E-state index in [-0.39, 0.29) is 30.1 Å². The molecule has 3 rings (SSSR count). The molecule has 1 aromatic carbocycles. The Kier molecular flexibility index (Phi) is 5.67. The molecule has 0 spiro atoms. The van der Waals surface area contributed by atoms with Crippen LogP contribution in [-0.4, -0.2) is 66.3 Å². The van der Waals surface area contributed by atoms with Crippen LogP contribution in [0, 0.1) is 12.8 Å². The zero-order chi connectivity index (χ0) is 20.4. The highest BCUT2D eigenvalue weighted by atomic mass is 16.2. The average molecular weight is 386 g/mol. The fraction of sp³-hybridized carbons (Fsp3) is 0.500. The lowest BCUT2D eigenvalue weighted by atomic mass is 10.1. The van der Waals surface area contributed by atoms with Crippen molar-refractivity contribution in [2.45, 2.75) is 27.2 Å². The minimum absolute atomic E-state index is 0.0419. The number of aryl methyl sites for hydroxylation is 1. The van der Waals surface area contributed by atoms with E-state index < -0.39 is 6.03 Å².